The number of hydrogen-bond acceptors (Lipinski definition) is 6. The molecule has 0 bridgehead atoms. The van der Waals surface area contributed by atoms with Crippen molar-refractivity contribution >= 4 is 5.97 Å². The van der Waals surface area contributed by atoms with Crippen LogP contribution in [-0.4, -0.2) is 52.5 Å². The lowest BCUT2D eigenvalue weighted by atomic mass is 9.99. The molecule has 1 aliphatic heterocycles. The first-order valence-corrected chi connectivity index (χ1v) is 8.87. The van der Waals surface area contributed by atoms with Crippen LogP contribution in [0.15, 0.2) is 0 Å². The third-order valence-electron chi connectivity index (χ3n) is 4.06. The zero-order chi connectivity index (χ0) is 18.5. The van der Waals surface area contributed by atoms with Gasteiger partial charge in [0.25, 0.3) is 0 Å². The number of aliphatic hydroxyl groups excluding tert-OH is 2. The lowest BCUT2D eigenvalue weighted by Gasteiger charge is -2.36. The fourth-order valence-corrected chi connectivity index (χ4v) is 2.65. The highest BCUT2D eigenvalue weighted by molar-refractivity contribution is 5.70. The molecule has 1 saturated heterocycles. The second kappa shape index (κ2) is 9.13. The number of aliphatic hydroxyl groups is 2. The predicted molar refractivity (Wildman–Crippen MR) is 90.4 cm³/mol. The summed E-state index contributed by atoms with van der Waals surface area (Å²) in [4.78, 5) is 11.8. The first-order chi connectivity index (χ1) is 11.0. The monoisotopic (exact) mass is 346 g/mol. The van der Waals surface area contributed by atoms with Crippen LogP contribution in [0.3, 0.4) is 0 Å². The summed E-state index contributed by atoms with van der Waals surface area (Å²) in [5.41, 5.74) is -0.455. The minimum Gasteiger partial charge on any atom is -0.460 e. The van der Waals surface area contributed by atoms with Crippen molar-refractivity contribution < 1.29 is 29.2 Å². The van der Waals surface area contributed by atoms with Crippen molar-refractivity contribution in [1.82, 2.24) is 0 Å². The van der Waals surface area contributed by atoms with Gasteiger partial charge in [-0.05, 0) is 53.4 Å². The van der Waals surface area contributed by atoms with Crippen molar-refractivity contribution in [2.45, 2.75) is 104 Å². The maximum Gasteiger partial charge on any atom is 0.306 e. The summed E-state index contributed by atoms with van der Waals surface area (Å²) in [5, 5.41) is 19.6. The van der Waals surface area contributed by atoms with Gasteiger partial charge in [-0.1, -0.05) is 6.92 Å². The van der Waals surface area contributed by atoms with Gasteiger partial charge in [0, 0.05) is 12.8 Å². The quantitative estimate of drug-likeness (QED) is 0.689. The van der Waals surface area contributed by atoms with Crippen molar-refractivity contribution in [1.29, 1.82) is 0 Å². The maximum absolute atomic E-state index is 11.8. The highest BCUT2D eigenvalue weighted by Crippen LogP contribution is 2.24. The number of carbonyl (C=O) groups is 1. The zero-order valence-corrected chi connectivity index (χ0v) is 15.8. The summed E-state index contributed by atoms with van der Waals surface area (Å²) in [7, 11) is 0. The Hall–Kier alpha value is -0.690. The van der Waals surface area contributed by atoms with Crippen LogP contribution in [0.25, 0.3) is 0 Å². The molecular weight excluding hydrogens is 312 g/mol. The second-order valence-electron chi connectivity index (χ2n) is 8.00. The van der Waals surface area contributed by atoms with E-state index in [9.17, 15) is 15.0 Å². The third-order valence-corrected chi connectivity index (χ3v) is 4.06. The SMILES string of the molecule is CC(CC[C@@H](C)O[C@@H]1O[C@@H](C)[C@H](O)C[C@H]1O)CC(=O)OC(C)(C)C. The fourth-order valence-electron chi connectivity index (χ4n) is 2.65. The van der Waals surface area contributed by atoms with Crippen molar-refractivity contribution in [3.05, 3.63) is 0 Å². The van der Waals surface area contributed by atoms with Crippen LogP contribution in [0.2, 0.25) is 0 Å². The smallest absolute Gasteiger partial charge is 0.306 e. The molecule has 0 aromatic carbocycles. The van der Waals surface area contributed by atoms with E-state index >= 15 is 0 Å². The summed E-state index contributed by atoms with van der Waals surface area (Å²) >= 11 is 0. The normalized spacial score (nSPS) is 30.7. The van der Waals surface area contributed by atoms with E-state index in [4.69, 9.17) is 14.2 Å². The first kappa shape index (κ1) is 21.4. The van der Waals surface area contributed by atoms with E-state index in [1.807, 2.05) is 34.6 Å². The van der Waals surface area contributed by atoms with Gasteiger partial charge >= 0.3 is 5.97 Å². The molecule has 6 atom stereocenters. The molecule has 24 heavy (non-hydrogen) atoms. The predicted octanol–water partition coefficient (Wildman–Crippen LogP) is 2.40. The molecule has 1 unspecified atom stereocenters. The molecule has 2 N–H and O–H groups in total. The van der Waals surface area contributed by atoms with Crippen molar-refractivity contribution in [2.75, 3.05) is 0 Å². The van der Waals surface area contributed by atoms with Gasteiger partial charge in [0.05, 0.1) is 18.3 Å². The lowest BCUT2D eigenvalue weighted by Crippen LogP contribution is -2.48. The molecule has 0 aromatic rings. The van der Waals surface area contributed by atoms with Crippen LogP contribution >= 0.6 is 0 Å². The van der Waals surface area contributed by atoms with E-state index in [1.165, 1.54) is 0 Å². The number of esters is 1. The Kier molecular flexibility index (Phi) is 8.12. The first-order valence-electron chi connectivity index (χ1n) is 8.87. The Balaban J connectivity index is 2.30. The van der Waals surface area contributed by atoms with Crippen molar-refractivity contribution in [3.63, 3.8) is 0 Å². The van der Waals surface area contributed by atoms with Crippen LogP contribution < -0.4 is 0 Å². The van der Waals surface area contributed by atoms with E-state index in [1.54, 1.807) is 6.92 Å². The number of ether oxygens (including phenoxy) is 3. The van der Waals surface area contributed by atoms with E-state index < -0.39 is 24.1 Å². The van der Waals surface area contributed by atoms with Crippen LogP contribution in [0.1, 0.15) is 67.2 Å². The van der Waals surface area contributed by atoms with Crippen LogP contribution in [-0.2, 0) is 19.0 Å². The molecule has 0 aliphatic carbocycles. The number of rotatable bonds is 7. The third kappa shape index (κ3) is 7.92. The van der Waals surface area contributed by atoms with Gasteiger partial charge in [-0.25, -0.2) is 0 Å². The maximum atomic E-state index is 11.8. The molecule has 6 nitrogen and oxygen atoms in total. The summed E-state index contributed by atoms with van der Waals surface area (Å²) in [6, 6.07) is 0. The van der Waals surface area contributed by atoms with Gasteiger partial charge < -0.3 is 24.4 Å². The molecule has 0 saturated carbocycles. The molecule has 0 amide bonds. The molecule has 0 spiro atoms. The summed E-state index contributed by atoms with van der Waals surface area (Å²) < 4.78 is 16.6. The zero-order valence-electron chi connectivity index (χ0n) is 15.8. The summed E-state index contributed by atoms with van der Waals surface area (Å²) in [6.07, 6.45) is -0.426. The minimum atomic E-state index is -0.821. The Morgan fingerprint density at radius 1 is 1.21 bits per heavy atom. The van der Waals surface area contributed by atoms with Gasteiger partial charge in [-0.15, -0.1) is 0 Å². The van der Waals surface area contributed by atoms with E-state index in [2.05, 4.69) is 0 Å². The molecule has 0 aromatic heterocycles. The summed E-state index contributed by atoms with van der Waals surface area (Å²) in [5.74, 6) is 0.0151. The van der Waals surface area contributed by atoms with E-state index in [0.717, 1.165) is 12.8 Å². The molecule has 142 valence electrons. The van der Waals surface area contributed by atoms with Crippen molar-refractivity contribution in [2.24, 2.45) is 5.92 Å². The van der Waals surface area contributed by atoms with Gasteiger partial charge in [0.15, 0.2) is 6.29 Å². The van der Waals surface area contributed by atoms with Crippen LogP contribution in [0.5, 0.6) is 0 Å². The fraction of sp³-hybridized carbons (Fsp3) is 0.944. The highest BCUT2D eigenvalue weighted by Gasteiger charge is 2.35. The Morgan fingerprint density at radius 2 is 1.83 bits per heavy atom. The van der Waals surface area contributed by atoms with Gasteiger partial charge in [-0.2, -0.15) is 0 Å². The van der Waals surface area contributed by atoms with E-state index in [0.29, 0.717) is 6.42 Å². The average molecular weight is 346 g/mol. The topological polar surface area (TPSA) is 85.2 Å². The molecule has 0 radical (unpaired) electrons. The minimum absolute atomic E-state index is 0.104. The molecule has 6 heteroatoms. The Morgan fingerprint density at radius 3 is 2.42 bits per heavy atom. The van der Waals surface area contributed by atoms with Crippen LogP contribution in [0.4, 0.5) is 0 Å². The van der Waals surface area contributed by atoms with E-state index in [-0.39, 0.29) is 30.5 Å². The summed E-state index contributed by atoms with van der Waals surface area (Å²) in [6.45, 7) is 11.3. The Labute approximate surface area is 145 Å². The number of carbonyl (C=O) groups excluding carboxylic acids is 1. The Bertz CT molecular complexity index is 391. The average Bonchev–Trinajstić information content (AvgIpc) is 2.40. The molecular formula is C18H34O6. The van der Waals surface area contributed by atoms with Gasteiger partial charge in [0.2, 0.25) is 0 Å². The van der Waals surface area contributed by atoms with Crippen LogP contribution in [0, 0.1) is 5.92 Å². The lowest BCUT2D eigenvalue weighted by molar-refractivity contribution is -0.273. The second-order valence-corrected chi connectivity index (χ2v) is 8.00. The number of hydrogen-bond donors (Lipinski definition) is 2. The van der Waals surface area contributed by atoms with Gasteiger partial charge in [-0.3, -0.25) is 4.79 Å². The van der Waals surface area contributed by atoms with Gasteiger partial charge in [0.1, 0.15) is 11.7 Å². The highest BCUT2D eigenvalue weighted by atomic mass is 16.7. The van der Waals surface area contributed by atoms with Crippen molar-refractivity contribution in [3.8, 4) is 0 Å². The molecule has 1 heterocycles. The molecule has 1 fully saturated rings. The molecule has 1 aliphatic rings. The largest absolute Gasteiger partial charge is 0.460 e. The molecule has 1 rings (SSSR count). The standard InChI is InChI=1S/C18H34O6/c1-11(9-16(21)24-18(4,5)6)7-8-12(2)22-17-15(20)10-14(19)13(3)23-17/h11-15,17,19-20H,7-10H2,1-6H3/t11?,12-,13+,14-,15-,17-/m1/s1.